The van der Waals surface area contributed by atoms with Gasteiger partial charge < -0.3 is 5.73 Å². The Kier molecular flexibility index (Phi) is 5.93. The third-order valence-corrected chi connectivity index (χ3v) is 5.29. The first-order valence-electron chi connectivity index (χ1n) is 8.43. The molecule has 0 atom stereocenters. The van der Waals surface area contributed by atoms with Crippen LogP contribution in [0.3, 0.4) is 0 Å². The SMILES string of the molecule is Nc1ncc2nc(-c3ccc(NS(=O)(=O)CCC(F)(F)F)c(F)c3)cc(C(F)F)c2n1. The van der Waals surface area contributed by atoms with Crippen molar-refractivity contribution < 1.29 is 34.8 Å². The van der Waals surface area contributed by atoms with Crippen LogP contribution < -0.4 is 10.5 Å². The maximum Gasteiger partial charge on any atom is 0.390 e. The number of sulfonamides is 1. The Morgan fingerprint density at radius 2 is 1.84 bits per heavy atom. The molecule has 0 saturated carbocycles. The molecule has 0 aliphatic heterocycles. The number of fused-ring (bicyclic) bond motifs is 1. The van der Waals surface area contributed by atoms with Gasteiger partial charge in [0.2, 0.25) is 16.0 Å². The molecule has 0 radical (unpaired) electrons. The molecule has 1 aromatic carbocycles. The van der Waals surface area contributed by atoms with Crippen LogP contribution in [0.4, 0.5) is 38.0 Å². The predicted octanol–water partition coefficient (Wildman–Crippen LogP) is 4.04. The summed E-state index contributed by atoms with van der Waals surface area (Å²) >= 11 is 0. The number of anilines is 2. The normalized spacial score (nSPS) is 12.5. The molecule has 0 aliphatic rings. The first kappa shape index (κ1) is 22.5. The Hall–Kier alpha value is -3.16. The molecule has 166 valence electrons. The van der Waals surface area contributed by atoms with Crippen LogP contribution in [0.1, 0.15) is 18.4 Å². The minimum absolute atomic E-state index is 0.0105. The van der Waals surface area contributed by atoms with Crippen molar-refractivity contribution in [2.24, 2.45) is 0 Å². The Balaban J connectivity index is 1.94. The van der Waals surface area contributed by atoms with Gasteiger partial charge in [0.05, 0.1) is 29.8 Å². The monoisotopic (exact) mass is 465 g/mol. The zero-order chi connectivity index (χ0) is 23.0. The summed E-state index contributed by atoms with van der Waals surface area (Å²) in [5.74, 6) is -2.66. The standard InChI is InChI=1S/C17H13F6N5O2S/c18-10-5-8(1-2-11(10)28-31(29,30)4-3-17(21,22)23)12-6-9(15(19)20)14-13(26-12)7-25-16(24)27-14/h1-2,5-7,15,28H,3-4H2,(H2,24,25,27). The van der Waals surface area contributed by atoms with E-state index in [2.05, 4.69) is 15.0 Å². The minimum atomic E-state index is -4.70. The van der Waals surface area contributed by atoms with E-state index in [1.54, 1.807) is 4.72 Å². The molecule has 0 aliphatic carbocycles. The summed E-state index contributed by atoms with van der Waals surface area (Å²) in [5.41, 5.74) is 4.01. The highest BCUT2D eigenvalue weighted by molar-refractivity contribution is 7.92. The quantitative estimate of drug-likeness (QED) is 0.532. The van der Waals surface area contributed by atoms with E-state index in [-0.39, 0.29) is 28.2 Å². The van der Waals surface area contributed by atoms with Gasteiger partial charge in [0.25, 0.3) is 6.43 Å². The second-order valence-corrected chi connectivity index (χ2v) is 8.18. The van der Waals surface area contributed by atoms with Crippen LogP contribution in [0.25, 0.3) is 22.3 Å². The van der Waals surface area contributed by atoms with Crippen molar-refractivity contribution >= 4 is 32.7 Å². The largest absolute Gasteiger partial charge is 0.390 e. The number of benzene rings is 1. The van der Waals surface area contributed by atoms with Crippen LogP contribution in [-0.2, 0) is 10.0 Å². The zero-order valence-electron chi connectivity index (χ0n) is 15.3. The van der Waals surface area contributed by atoms with Gasteiger partial charge in [-0.1, -0.05) is 6.07 Å². The molecule has 3 aromatic rings. The molecule has 7 nitrogen and oxygen atoms in total. The van der Waals surface area contributed by atoms with E-state index in [4.69, 9.17) is 5.73 Å². The topological polar surface area (TPSA) is 111 Å². The molecular formula is C17H13F6N5O2S. The summed E-state index contributed by atoms with van der Waals surface area (Å²) in [4.78, 5) is 11.5. The van der Waals surface area contributed by atoms with Gasteiger partial charge in [0.1, 0.15) is 16.9 Å². The number of nitrogens with zero attached hydrogens (tertiary/aromatic N) is 3. The Morgan fingerprint density at radius 3 is 2.45 bits per heavy atom. The van der Waals surface area contributed by atoms with E-state index in [9.17, 15) is 34.8 Å². The highest BCUT2D eigenvalue weighted by Gasteiger charge is 2.30. The molecule has 3 rings (SSSR count). The van der Waals surface area contributed by atoms with Crippen LogP contribution >= 0.6 is 0 Å². The smallest absolute Gasteiger partial charge is 0.368 e. The molecule has 2 heterocycles. The summed E-state index contributed by atoms with van der Waals surface area (Å²) in [6.07, 6.45) is -8.14. The van der Waals surface area contributed by atoms with Crippen LogP contribution in [0, 0.1) is 5.82 Å². The number of hydrogen-bond acceptors (Lipinski definition) is 6. The third kappa shape index (κ3) is 5.51. The molecule has 3 N–H and O–H groups in total. The number of rotatable bonds is 6. The number of hydrogen-bond donors (Lipinski definition) is 2. The fourth-order valence-corrected chi connectivity index (χ4v) is 3.70. The van der Waals surface area contributed by atoms with E-state index in [1.807, 2.05) is 0 Å². The number of nitrogen functional groups attached to an aromatic ring is 1. The summed E-state index contributed by atoms with van der Waals surface area (Å²) < 4.78 is 103. The van der Waals surface area contributed by atoms with Crippen molar-refractivity contribution in [3.63, 3.8) is 0 Å². The van der Waals surface area contributed by atoms with Gasteiger partial charge in [-0.3, -0.25) is 4.72 Å². The van der Waals surface area contributed by atoms with Crippen molar-refractivity contribution in [2.45, 2.75) is 19.0 Å². The highest BCUT2D eigenvalue weighted by atomic mass is 32.2. The average molecular weight is 465 g/mol. The molecule has 2 aromatic heterocycles. The Bertz CT molecular complexity index is 1230. The lowest BCUT2D eigenvalue weighted by atomic mass is 10.1. The van der Waals surface area contributed by atoms with Crippen molar-refractivity contribution in [2.75, 3.05) is 16.2 Å². The number of aromatic nitrogens is 3. The molecule has 0 spiro atoms. The second-order valence-electron chi connectivity index (χ2n) is 6.34. The lowest BCUT2D eigenvalue weighted by molar-refractivity contribution is -0.129. The maximum atomic E-state index is 14.4. The first-order valence-corrected chi connectivity index (χ1v) is 10.1. The first-order chi connectivity index (χ1) is 14.3. The molecular weight excluding hydrogens is 452 g/mol. The van der Waals surface area contributed by atoms with E-state index < -0.39 is 51.9 Å². The number of nitrogens with two attached hydrogens (primary N) is 1. The summed E-state index contributed by atoms with van der Waals surface area (Å²) in [5, 5.41) is 0. The fourth-order valence-electron chi connectivity index (χ4n) is 2.60. The molecule has 0 bridgehead atoms. The molecule has 0 saturated heterocycles. The van der Waals surface area contributed by atoms with Crippen molar-refractivity contribution in [1.82, 2.24) is 15.0 Å². The molecule has 14 heteroatoms. The molecule has 31 heavy (non-hydrogen) atoms. The van der Waals surface area contributed by atoms with Crippen LogP contribution in [-0.4, -0.2) is 35.3 Å². The van der Waals surface area contributed by atoms with Crippen LogP contribution in [0.15, 0.2) is 30.5 Å². The zero-order valence-corrected chi connectivity index (χ0v) is 16.1. The Labute approximate surface area is 171 Å². The van der Waals surface area contributed by atoms with Crippen LogP contribution in [0.5, 0.6) is 0 Å². The van der Waals surface area contributed by atoms with E-state index in [1.165, 1.54) is 6.07 Å². The van der Waals surface area contributed by atoms with E-state index in [0.717, 1.165) is 24.4 Å². The van der Waals surface area contributed by atoms with Gasteiger partial charge in [-0.25, -0.2) is 36.5 Å². The predicted molar refractivity (Wildman–Crippen MR) is 100 cm³/mol. The number of pyridine rings is 1. The number of alkyl halides is 5. The second kappa shape index (κ2) is 8.17. The third-order valence-electron chi connectivity index (χ3n) is 4.01. The van der Waals surface area contributed by atoms with E-state index >= 15 is 0 Å². The van der Waals surface area contributed by atoms with Crippen molar-refractivity contribution in [3.05, 3.63) is 41.8 Å². The molecule has 0 unspecified atom stereocenters. The van der Waals surface area contributed by atoms with Gasteiger partial charge in [0, 0.05) is 11.1 Å². The van der Waals surface area contributed by atoms with E-state index in [0.29, 0.717) is 0 Å². The van der Waals surface area contributed by atoms with Gasteiger partial charge >= 0.3 is 6.18 Å². The molecule has 0 amide bonds. The van der Waals surface area contributed by atoms with Crippen LogP contribution in [0.2, 0.25) is 0 Å². The van der Waals surface area contributed by atoms with Gasteiger partial charge in [-0.05, 0) is 18.2 Å². The summed E-state index contributed by atoms with van der Waals surface area (Å²) in [6, 6.07) is 3.90. The molecule has 0 fully saturated rings. The Morgan fingerprint density at radius 1 is 1.13 bits per heavy atom. The minimum Gasteiger partial charge on any atom is -0.368 e. The fraction of sp³-hybridized carbons (Fsp3) is 0.235. The van der Waals surface area contributed by atoms with Crippen molar-refractivity contribution in [3.8, 4) is 11.3 Å². The number of nitrogens with one attached hydrogen (secondary N) is 1. The van der Waals surface area contributed by atoms with Gasteiger partial charge in [-0.15, -0.1) is 0 Å². The summed E-state index contributed by atoms with van der Waals surface area (Å²) in [7, 11) is -4.47. The lowest BCUT2D eigenvalue weighted by Crippen LogP contribution is -2.22. The number of halogens is 6. The van der Waals surface area contributed by atoms with Crippen molar-refractivity contribution in [1.29, 1.82) is 0 Å². The average Bonchev–Trinajstić information content (AvgIpc) is 2.66. The van der Waals surface area contributed by atoms with Gasteiger partial charge in [-0.2, -0.15) is 13.2 Å². The lowest BCUT2D eigenvalue weighted by Gasteiger charge is -2.12. The maximum absolute atomic E-state index is 14.4. The summed E-state index contributed by atoms with van der Waals surface area (Å²) in [6.45, 7) is 0. The van der Waals surface area contributed by atoms with Gasteiger partial charge in [0.15, 0.2) is 0 Å². The highest BCUT2D eigenvalue weighted by Crippen LogP contribution is 2.31.